The fourth-order valence-electron chi connectivity index (χ4n) is 1.64. The Morgan fingerprint density at radius 3 is 2.68 bits per heavy atom. The number of hydrogen-bond donors (Lipinski definition) is 1. The molecule has 0 atom stereocenters. The van der Waals surface area contributed by atoms with Gasteiger partial charge in [0.15, 0.2) is 16.6 Å². The van der Waals surface area contributed by atoms with Gasteiger partial charge in [0.05, 0.1) is 25.5 Å². The summed E-state index contributed by atoms with van der Waals surface area (Å²) in [5, 5.41) is 5.17. The van der Waals surface area contributed by atoms with Crippen molar-refractivity contribution in [3.8, 4) is 11.5 Å². The summed E-state index contributed by atoms with van der Waals surface area (Å²) >= 11 is 1.38. The quantitative estimate of drug-likeness (QED) is 0.934. The summed E-state index contributed by atoms with van der Waals surface area (Å²) in [5.41, 5.74) is 1.28. The van der Waals surface area contributed by atoms with Gasteiger partial charge in [-0.3, -0.25) is 10.1 Å². The van der Waals surface area contributed by atoms with E-state index in [1.807, 2.05) is 12.3 Å². The van der Waals surface area contributed by atoms with Crippen molar-refractivity contribution >= 4 is 22.4 Å². The maximum Gasteiger partial charge on any atom is 0.261 e. The van der Waals surface area contributed by atoms with E-state index in [1.165, 1.54) is 25.6 Å². The van der Waals surface area contributed by atoms with Gasteiger partial charge in [0.25, 0.3) is 5.91 Å². The number of ether oxygens (including phenoxy) is 2. The lowest BCUT2D eigenvalue weighted by Gasteiger charge is -2.11. The van der Waals surface area contributed by atoms with Gasteiger partial charge < -0.3 is 9.47 Å². The summed E-state index contributed by atoms with van der Waals surface area (Å²) in [6.45, 7) is 1.87. The summed E-state index contributed by atoms with van der Waals surface area (Å²) in [4.78, 5) is 16.4. The molecule has 1 amide bonds. The third-order valence-corrected chi connectivity index (χ3v) is 3.36. The van der Waals surface area contributed by atoms with Crippen LogP contribution in [0.15, 0.2) is 23.6 Å². The van der Waals surface area contributed by atoms with E-state index in [-0.39, 0.29) is 5.91 Å². The van der Waals surface area contributed by atoms with E-state index in [1.54, 1.807) is 18.2 Å². The minimum absolute atomic E-state index is 0.273. The Bertz CT molecular complexity index is 595. The van der Waals surface area contributed by atoms with Crippen molar-refractivity contribution in [1.29, 1.82) is 0 Å². The topological polar surface area (TPSA) is 60.5 Å². The van der Waals surface area contributed by atoms with Gasteiger partial charge in [-0.05, 0) is 19.1 Å². The Labute approximate surface area is 115 Å². The number of benzene rings is 1. The Morgan fingerprint density at radius 2 is 2.11 bits per heavy atom. The maximum atomic E-state index is 12.2. The number of nitrogens with zero attached hydrogens (tertiary/aromatic N) is 1. The molecule has 0 saturated heterocycles. The number of aryl methyl sites for hydroxylation is 1. The minimum atomic E-state index is -0.273. The fourth-order valence-corrected chi connectivity index (χ4v) is 2.32. The first-order valence-corrected chi connectivity index (χ1v) is 6.48. The highest BCUT2D eigenvalue weighted by Gasteiger charge is 2.17. The van der Waals surface area contributed by atoms with Gasteiger partial charge in [0, 0.05) is 5.38 Å². The summed E-state index contributed by atoms with van der Waals surface area (Å²) in [5.74, 6) is 0.659. The first kappa shape index (κ1) is 13.4. The number of anilines is 1. The van der Waals surface area contributed by atoms with Crippen LogP contribution in [0.3, 0.4) is 0 Å². The summed E-state index contributed by atoms with van der Waals surface area (Å²) in [7, 11) is 3.03. The van der Waals surface area contributed by atoms with Crippen LogP contribution in [0, 0.1) is 6.92 Å². The van der Waals surface area contributed by atoms with Gasteiger partial charge in [0.1, 0.15) is 0 Å². The van der Waals surface area contributed by atoms with Gasteiger partial charge in [-0.15, -0.1) is 11.3 Å². The van der Waals surface area contributed by atoms with E-state index in [4.69, 9.17) is 9.47 Å². The maximum absolute atomic E-state index is 12.2. The molecule has 1 N–H and O–H groups in total. The Balaban J connectivity index is 2.28. The molecule has 1 aromatic carbocycles. The number of amides is 1. The van der Waals surface area contributed by atoms with Crippen LogP contribution in [0.1, 0.15) is 16.1 Å². The van der Waals surface area contributed by atoms with Crippen molar-refractivity contribution in [1.82, 2.24) is 4.98 Å². The standard InChI is InChI=1S/C13H14N2O3S/c1-8-7-19-13(14-8)15-12(16)9-5-4-6-10(17-2)11(9)18-3/h4-7H,1-3H3,(H,14,15,16). The van der Waals surface area contributed by atoms with Gasteiger partial charge in [0.2, 0.25) is 0 Å². The smallest absolute Gasteiger partial charge is 0.261 e. The van der Waals surface area contributed by atoms with Crippen LogP contribution in [-0.2, 0) is 0 Å². The first-order chi connectivity index (χ1) is 9.15. The van der Waals surface area contributed by atoms with Crippen molar-refractivity contribution in [3.63, 3.8) is 0 Å². The van der Waals surface area contributed by atoms with Crippen molar-refractivity contribution < 1.29 is 14.3 Å². The van der Waals surface area contributed by atoms with Crippen LogP contribution in [-0.4, -0.2) is 25.1 Å². The average Bonchev–Trinajstić information content (AvgIpc) is 2.82. The third-order valence-electron chi connectivity index (χ3n) is 2.49. The lowest BCUT2D eigenvalue weighted by Crippen LogP contribution is -2.13. The molecule has 6 heteroatoms. The lowest BCUT2D eigenvalue weighted by atomic mass is 10.1. The number of carbonyl (C=O) groups is 1. The molecule has 2 aromatic rings. The second-order valence-electron chi connectivity index (χ2n) is 3.79. The number of aromatic nitrogens is 1. The molecule has 19 heavy (non-hydrogen) atoms. The molecule has 0 bridgehead atoms. The van der Waals surface area contributed by atoms with Crippen LogP contribution >= 0.6 is 11.3 Å². The summed E-state index contributed by atoms with van der Waals surface area (Å²) in [6.07, 6.45) is 0. The van der Waals surface area contributed by atoms with E-state index in [2.05, 4.69) is 10.3 Å². The predicted molar refractivity (Wildman–Crippen MR) is 74.4 cm³/mol. The summed E-state index contributed by atoms with van der Waals surface area (Å²) in [6, 6.07) is 5.16. The fraction of sp³-hybridized carbons (Fsp3) is 0.231. The second-order valence-corrected chi connectivity index (χ2v) is 4.65. The molecule has 0 spiro atoms. The van der Waals surface area contributed by atoms with Crippen LogP contribution in [0.25, 0.3) is 0 Å². The molecule has 0 fully saturated rings. The highest BCUT2D eigenvalue weighted by Crippen LogP contribution is 2.31. The van der Waals surface area contributed by atoms with E-state index >= 15 is 0 Å². The van der Waals surface area contributed by atoms with Gasteiger partial charge in [-0.25, -0.2) is 4.98 Å². The van der Waals surface area contributed by atoms with Gasteiger partial charge in [-0.1, -0.05) is 6.07 Å². The molecule has 0 aliphatic rings. The number of hydrogen-bond acceptors (Lipinski definition) is 5. The van der Waals surface area contributed by atoms with E-state index in [9.17, 15) is 4.79 Å². The Morgan fingerprint density at radius 1 is 1.32 bits per heavy atom. The van der Waals surface area contributed by atoms with Gasteiger partial charge in [-0.2, -0.15) is 0 Å². The normalized spacial score (nSPS) is 10.1. The average molecular weight is 278 g/mol. The highest BCUT2D eigenvalue weighted by atomic mass is 32.1. The van der Waals surface area contributed by atoms with Crippen molar-refractivity contribution in [2.75, 3.05) is 19.5 Å². The molecule has 1 aromatic heterocycles. The van der Waals surface area contributed by atoms with Gasteiger partial charge >= 0.3 is 0 Å². The number of nitrogens with one attached hydrogen (secondary N) is 1. The Hall–Kier alpha value is -2.08. The zero-order valence-corrected chi connectivity index (χ0v) is 11.7. The molecule has 0 aliphatic carbocycles. The molecule has 0 radical (unpaired) electrons. The van der Waals surface area contributed by atoms with Crippen LogP contribution in [0.4, 0.5) is 5.13 Å². The highest BCUT2D eigenvalue weighted by molar-refractivity contribution is 7.13. The number of carbonyl (C=O) groups excluding carboxylic acids is 1. The monoisotopic (exact) mass is 278 g/mol. The molecular formula is C13H14N2O3S. The molecular weight excluding hydrogens is 264 g/mol. The van der Waals surface area contributed by atoms with E-state index < -0.39 is 0 Å². The van der Waals surface area contributed by atoms with E-state index in [0.29, 0.717) is 22.2 Å². The van der Waals surface area contributed by atoms with Crippen molar-refractivity contribution in [2.24, 2.45) is 0 Å². The molecule has 0 aliphatic heterocycles. The number of para-hydroxylation sites is 1. The van der Waals surface area contributed by atoms with Crippen LogP contribution in [0.2, 0.25) is 0 Å². The first-order valence-electron chi connectivity index (χ1n) is 5.60. The SMILES string of the molecule is COc1cccc(C(=O)Nc2nc(C)cs2)c1OC. The number of thiazole rings is 1. The van der Waals surface area contributed by atoms with Crippen LogP contribution in [0.5, 0.6) is 11.5 Å². The molecule has 5 nitrogen and oxygen atoms in total. The lowest BCUT2D eigenvalue weighted by molar-refractivity contribution is 0.102. The van der Waals surface area contributed by atoms with Crippen molar-refractivity contribution in [3.05, 3.63) is 34.8 Å². The molecule has 0 saturated carbocycles. The number of rotatable bonds is 4. The zero-order chi connectivity index (χ0) is 13.8. The zero-order valence-electron chi connectivity index (χ0n) is 10.9. The molecule has 0 unspecified atom stereocenters. The van der Waals surface area contributed by atoms with E-state index in [0.717, 1.165) is 5.69 Å². The second kappa shape index (κ2) is 5.71. The predicted octanol–water partition coefficient (Wildman–Crippen LogP) is 2.72. The largest absolute Gasteiger partial charge is 0.493 e. The third kappa shape index (κ3) is 2.85. The molecule has 100 valence electrons. The summed E-state index contributed by atoms with van der Waals surface area (Å²) < 4.78 is 10.4. The van der Waals surface area contributed by atoms with Crippen LogP contribution < -0.4 is 14.8 Å². The Kier molecular flexibility index (Phi) is 4.01. The minimum Gasteiger partial charge on any atom is -0.493 e. The van der Waals surface area contributed by atoms with Crippen molar-refractivity contribution in [2.45, 2.75) is 6.92 Å². The molecule has 1 heterocycles. The number of methoxy groups -OCH3 is 2. The molecule has 2 rings (SSSR count).